The molecule has 0 rings (SSSR count). The SMILES string of the molecule is CCCCCCCCCCCCCC[C@H](C(=O)O)[C@@](O)(CC(=O)OC)C(=O)O. The van der Waals surface area contributed by atoms with Crippen LogP contribution in [0.3, 0.4) is 0 Å². The lowest BCUT2D eigenvalue weighted by Gasteiger charge is -2.28. The standard InChI is InChI=1S/C21H38O7/c1-3-4-5-6-7-8-9-10-11-12-13-14-15-17(19(23)24)21(27,20(25)26)16-18(22)28-2/h17,27H,3-16H2,1-2H3,(H,23,24)(H,25,26)/t17-,21+/m1/s1. The van der Waals surface area contributed by atoms with Crippen molar-refractivity contribution in [2.24, 2.45) is 5.92 Å². The van der Waals surface area contributed by atoms with Crippen LogP contribution in [0.5, 0.6) is 0 Å². The zero-order chi connectivity index (χ0) is 21.4. The van der Waals surface area contributed by atoms with E-state index in [-0.39, 0.29) is 6.42 Å². The number of hydrogen-bond acceptors (Lipinski definition) is 5. The molecule has 0 aliphatic carbocycles. The predicted molar refractivity (Wildman–Crippen MR) is 106 cm³/mol. The van der Waals surface area contributed by atoms with Crippen molar-refractivity contribution in [3.63, 3.8) is 0 Å². The summed E-state index contributed by atoms with van der Waals surface area (Å²) in [5.41, 5.74) is -2.66. The van der Waals surface area contributed by atoms with Gasteiger partial charge in [0.2, 0.25) is 0 Å². The van der Waals surface area contributed by atoms with E-state index in [1.54, 1.807) is 0 Å². The van der Waals surface area contributed by atoms with E-state index in [2.05, 4.69) is 11.7 Å². The molecule has 0 aliphatic rings. The van der Waals surface area contributed by atoms with Crippen molar-refractivity contribution in [3.05, 3.63) is 0 Å². The molecule has 164 valence electrons. The average molecular weight is 403 g/mol. The minimum atomic E-state index is -2.66. The molecule has 7 heteroatoms. The van der Waals surface area contributed by atoms with E-state index in [0.717, 1.165) is 32.8 Å². The van der Waals surface area contributed by atoms with Crippen LogP contribution in [0, 0.1) is 5.92 Å². The molecule has 0 heterocycles. The Morgan fingerprint density at radius 1 is 0.821 bits per heavy atom. The number of carboxylic acid groups (broad SMARTS) is 2. The van der Waals surface area contributed by atoms with Gasteiger partial charge in [-0.05, 0) is 6.42 Å². The summed E-state index contributed by atoms with van der Waals surface area (Å²) >= 11 is 0. The van der Waals surface area contributed by atoms with E-state index in [1.807, 2.05) is 0 Å². The Kier molecular flexibility index (Phi) is 14.4. The first-order chi connectivity index (χ1) is 13.3. The Hall–Kier alpha value is -1.63. The van der Waals surface area contributed by atoms with Crippen molar-refractivity contribution in [1.82, 2.24) is 0 Å². The average Bonchev–Trinajstić information content (AvgIpc) is 2.64. The van der Waals surface area contributed by atoms with Gasteiger partial charge in [-0.1, -0.05) is 84.0 Å². The third-order valence-electron chi connectivity index (χ3n) is 5.23. The van der Waals surface area contributed by atoms with Crippen molar-refractivity contribution in [2.45, 2.75) is 102 Å². The summed E-state index contributed by atoms with van der Waals surface area (Å²) in [6.45, 7) is 2.21. The van der Waals surface area contributed by atoms with Gasteiger partial charge in [-0.15, -0.1) is 0 Å². The van der Waals surface area contributed by atoms with Gasteiger partial charge in [-0.2, -0.15) is 0 Å². The number of unbranched alkanes of at least 4 members (excludes halogenated alkanes) is 11. The van der Waals surface area contributed by atoms with Gasteiger partial charge < -0.3 is 20.1 Å². The monoisotopic (exact) mass is 402 g/mol. The third-order valence-corrected chi connectivity index (χ3v) is 5.23. The molecule has 0 aromatic heterocycles. The first kappa shape index (κ1) is 26.4. The van der Waals surface area contributed by atoms with Crippen molar-refractivity contribution >= 4 is 17.9 Å². The number of aliphatic carboxylic acids is 2. The number of hydrogen-bond donors (Lipinski definition) is 3. The van der Waals surface area contributed by atoms with Crippen LogP contribution < -0.4 is 0 Å². The second-order valence-corrected chi connectivity index (χ2v) is 7.55. The maximum absolute atomic E-state index is 11.5. The van der Waals surface area contributed by atoms with E-state index in [4.69, 9.17) is 0 Å². The van der Waals surface area contributed by atoms with Crippen LogP contribution in [0.1, 0.15) is 96.8 Å². The molecule has 0 fully saturated rings. The molecule has 28 heavy (non-hydrogen) atoms. The van der Waals surface area contributed by atoms with Crippen LogP contribution in [-0.4, -0.2) is 45.9 Å². The summed E-state index contributed by atoms with van der Waals surface area (Å²) in [6.07, 6.45) is 12.5. The maximum Gasteiger partial charge on any atom is 0.337 e. The van der Waals surface area contributed by atoms with E-state index >= 15 is 0 Å². The second kappa shape index (κ2) is 15.3. The molecular weight excluding hydrogens is 364 g/mol. The Morgan fingerprint density at radius 2 is 1.25 bits per heavy atom. The molecule has 0 bridgehead atoms. The summed E-state index contributed by atoms with van der Waals surface area (Å²) in [5, 5.41) is 28.9. The quantitative estimate of drug-likeness (QED) is 0.232. The number of aliphatic hydroxyl groups is 1. The molecule has 0 unspecified atom stereocenters. The fourth-order valence-corrected chi connectivity index (χ4v) is 3.40. The Bertz CT molecular complexity index is 464. The molecule has 2 atom stereocenters. The molecule has 7 nitrogen and oxygen atoms in total. The maximum atomic E-state index is 11.5. The zero-order valence-corrected chi connectivity index (χ0v) is 17.5. The molecule has 0 aromatic rings. The normalized spacial score (nSPS) is 14.2. The van der Waals surface area contributed by atoms with Gasteiger partial charge in [0.05, 0.1) is 19.4 Å². The lowest BCUT2D eigenvalue weighted by Crippen LogP contribution is -2.50. The summed E-state index contributed by atoms with van der Waals surface area (Å²) in [5.74, 6) is -5.64. The number of carbonyl (C=O) groups excluding carboxylic acids is 1. The molecule has 0 aromatic carbocycles. The summed E-state index contributed by atoms with van der Waals surface area (Å²) in [7, 11) is 1.06. The predicted octanol–water partition coefficient (Wildman–Crippen LogP) is 4.16. The van der Waals surface area contributed by atoms with Crippen molar-refractivity contribution < 1.29 is 34.4 Å². The molecule has 0 saturated carbocycles. The highest BCUT2D eigenvalue weighted by Crippen LogP contribution is 2.28. The molecule has 0 radical (unpaired) electrons. The molecular formula is C21H38O7. The summed E-state index contributed by atoms with van der Waals surface area (Å²) in [6, 6.07) is 0. The van der Waals surface area contributed by atoms with Crippen LogP contribution in [-0.2, 0) is 19.1 Å². The number of esters is 1. The summed E-state index contributed by atoms with van der Waals surface area (Å²) in [4.78, 5) is 34.3. The van der Waals surface area contributed by atoms with Crippen molar-refractivity contribution in [3.8, 4) is 0 Å². The van der Waals surface area contributed by atoms with Crippen LogP contribution >= 0.6 is 0 Å². The molecule has 3 N–H and O–H groups in total. The van der Waals surface area contributed by atoms with Crippen molar-refractivity contribution in [2.75, 3.05) is 7.11 Å². The highest BCUT2D eigenvalue weighted by atomic mass is 16.5. The fraction of sp³-hybridized carbons (Fsp3) is 0.857. The first-order valence-corrected chi connectivity index (χ1v) is 10.5. The van der Waals surface area contributed by atoms with Crippen molar-refractivity contribution in [1.29, 1.82) is 0 Å². The van der Waals surface area contributed by atoms with Crippen LogP contribution in [0.25, 0.3) is 0 Å². The van der Waals surface area contributed by atoms with Gasteiger partial charge in [0.15, 0.2) is 5.60 Å². The van der Waals surface area contributed by atoms with Crippen LogP contribution in [0.4, 0.5) is 0 Å². The lowest BCUT2D eigenvalue weighted by atomic mass is 9.81. The Morgan fingerprint density at radius 3 is 1.61 bits per heavy atom. The van der Waals surface area contributed by atoms with Gasteiger partial charge >= 0.3 is 17.9 Å². The number of rotatable bonds is 18. The van der Waals surface area contributed by atoms with E-state index in [1.165, 1.54) is 44.9 Å². The number of carboxylic acids is 2. The smallest absolute Gasteiger partial charge is 0.337 e. The van der Waals surface area contributed by atoms with Gasteiger partial charge in [-0.25, -0.2) is 4.79 Å². The molecule has 0 amide bonds. The van der Waals surface area contributed by atoms with Gasteiger partial charge in [0.25, 0.3) is 0 Å². The van der Waals surface area contributed by atoms with Crippen LogP contribution in [0.2, 0.25) is 0 Å². The first-order valence-electron chi connectivity index (χ1n) is 10.5. The van der Waals surface area contributed by atoms with Gasteiger partial charge in [0, 0.05) is 0 Å². The topological polar surface area (TPSA) is 121 Å². The van der Waals surface area contributed by atoms with E-state index in [9.17, 15) is 29.7 Å². The van der Waals surface area contributed by atoms with E-state index < -0.39 is 35.8 Å². The van der Waals surface area contributed by atoms with E-state index in [0.29, 0.717) is 6.42 Å². The minimum Gasteiger partial charge on any atom is -0.481 e. The Labute approximate surface area is 168 Å². The lowest BCUT2D eigenvalue weighted by molar-refractivity contribution is -0.180. The highest BCUT2D eigenvalue weighted by molar-refractivity contribution is 5.89. The summed E-state index contributed by atoms with van der Waals surface area (Å²) < 4.78 is 4.39. The van der Waals surface area contributed by atoms with Gasteiger partial charge in [-0.3, -0.25) is 9.59 Å². The van der Waals surface area contributed by atoms with Gasteiger partial charge in [0.1, 0.15) is 0 Å². The third kappa shape index (κ3) is 10.6. The zero-order valence-electron chi connectivity index (χ0n) is 17.5. The number of ether oxygens (including phenoxy) is 1. The number of methoxy groups -OCH3 is 1. The second-order valence-electron chi connectivity index (χ2n) is 7.55. The number of carbonyl (C=O) groups is 3. The fourth-order valence-electron chi connectivity index (χ4n) is 3.40. The minimum absolute atomic E-state index is 0.00650. The molecule has 0 saturated heterocycles. The Balaban J connectivity index is 4.15. The van der Waals surface area contributed by atoms with Crippen LogP contribution in [0.15, 0.2) is 0 Å². The molecule has 0 spiro atoms. The molecule has 0 aliphatic heterocycles. The highest BCUT2D eigenvalue weighted by Gasteiger charge is 2.49. The largest absolute Gasteiger partial charge is 0.481 e.